The molecular weight excluding hydrogens is 312 g/mol. The molecule has 0 aliphatic carbocycles. The van der Waals surface area contributed by atoms with E-state index in [0.717, 1.165) is 17.6 Å². The van der Waals surface area contributed by atoms with Crippen LogP contribution < -0.4 is 5.32 Å². The zero-order valence-corrected chi connectivity index (χ0v) is 14.3. The average molecular weight is 335 g/mol. The minimum absolute atomic E-state index is 0.345. The number of rotatable bonds is 5. The van der Waals surface area contributed by atoms with Crippen LogP contribution in [0.25, 0.3) is 0 Å². The summed E-state index contributed by atoms with van der Waals surface area (Å²) in [4.78, 5) is 0. The molecule has 1 N–H and O–H groups in total. The highest BCUT2D eigenvalue weighted by atomic mass is 79.9. The Hall–Kier alpha value is -1.06. The van der Waals surface area contributed by atoms with Gasteiger partial charge in [-0.2, -0.15) is 0 Å². The molecule has 1 aromatic heterocycles. The van der Waals surface area contributed by atoms with Crippen molar-refractivity contribution in [2.45, 2.75) is 46.8 Å². The Morgan fingerprint density at radius 2 is 2.00 bits per heavy atom. The molecule has 0 amide bonds. The maximum Gasteiger partial charge on any atom is 0.0295 e. The monoisotopic (exact) mass is 334 g/mol. The van der Waals surface area contributed by atoms with Crippen molar-refractivity contribution in [1.29, 1.82) is 0 Å². The van der Waals surface area contributed by atoms with Gasteiger partial charge in [0.05, 0.1) is 0 Å². The SMILES string of the molecule is CCn1c(C)cc(CN[C@@H](C)c2cccc(Br)c2)c1C. The molecule has 2 nitrogen and oxygen atoms in total. The molecule has 20 heavy (non-hydrogen) atoms. The van der Waals surface area contributed by atoms with E-state index in [-0.39, 0.29) is 0 Å². The van der Waals surface area contributed by atoms with Crippen molar-refractivity contribution in [2.75, 3.05) is 0 Å². The van der Waals surface area contributed by atoms with E-state index in [1.165, 1.54) is 22.5 Å². The number of halogens is 1. The van der Waals surface area contributed by atoms with Crippen LogP contribution in [0.4, 0.5) is 0 Å². The lowest BCUT2D eigenvalue weighted by atomic mass is 10.1. The van der Waals surface area contributed by atoms with Gasteiger partial charge in [-0.15, -0.1) is 0 Å². The number of hydrogen-bond acceptors (Lipinski definition) is 1. The van der Waals surface area contributed by atoms with Gasteiger partial charge in [-0.05, 0) is 57.0 Å². The Morgan fingerprint density at radius 1 is 1.25 bits per heavy atom. The van der Waals surface area contributed by atoms with Crippen molar-refractivity contribution in [2.24, 2.45) is 0 Å². The summed E-state index contributed by atoms with van der Waals surface area (Å²) in [5, 5.41) is 3.61. The molecule has 0 unspecified atom stereocenters. The second-order valence-corrected chi connectivity index (χ2v) is 6.21. The number of aromatic nitrogens is 1. The quantitative estimate of drug-likeness (QED) is 0.835. The smallest absolute Gasteiger partial charge is 0.0295 e. The van der Waals surface area contributed by atoms with Gasteiger partial charge < -0.3 is 9.88 Å². The molecule has 1 atom stereocenters. The molecule has 0 radical (unpaired) electrons. The molecule has 0 bridgehead atoms. The first-order chi connectivity index (χ1) is 9.52. The molecule has 0 saturated carbocycles. The molecule has 0 saturated heterocycles. The highest BCUT2D eigenvalue weighted by Gasteiger charge is 2.10. The third-order valence-electron chi connectivity index (χ3n) is 3.94. The van der Waals surface area contributed by atoms with E-state index in [1.807, 2.05) is 0 Å². The Labute approximate surface area is 130 Å². The highest BCUT2D eigenvalue weighted by Crippen LogP contribution is 2.20. The lowest BCUT2D eigenvalue weighted by molar-refractivity contribution is 0.571. The van der Waals surface area contributed by atoms with Gasteiger partial charge in [0.1, 0.15) is 0 Å². The van der Waals surface area contributed by atoms with Gasteiger partial charge in [-0.25, -0.2) is 0 Å². The predicted molar refractivity (Wildman–Crippen MR) is 89.0 cm³/mol. The Kier molecular flexibility index (Phi) is 5.06. The number of benzene rings is 1. The Bertz CT molecular complexity index is 587. The maximum absolute atomic E-state index is 3.61. The summed E-state index contributed by atoms with van der Waals surface area (Å²) in [5.41, 5.74) is 5.42. The van der Waals surface area contributed by atoms with Crippen molar-refractivity contribution < 1.29 is 0 Å². The minimum Gasteiger partial charge on any atom is -0.349 e. The van der Waals surface area contributed by atoms with Crippen LogP contribution in [0.3, 0.4) is 0 Å². The topological polar surface area (TPSA) is 17.0 Å². The first-order valence-corrected chi connectivity index (χ1v) is 7.96. The summed E-state index contributed by atoms with van der Waals surface area (Å²) in [7, 11) is 0. The van der Waals surface area contributed by atoms with Crippen molar-refractivity contribution in [3.63, 3.8) is 0 Å². The number of nitrogens with zero attached hydrogens (tertiary/aromatic N) is 1. The lowest BCUT2D eigenvalue weighted by Gasteiger charge is -2.15. The van der Waals surface area contributed by atoms with E-state index in [1.54, 1.807) is 0 Å². The standard InChI is InChI=1S/C17H23BrN2/c1-5-20-12(2)9-16(14(20)4)11-19-13(3)15-7-6-8-17(18)10-15/h6-10,13,19H,5,11H2,1-4H3/t13-/m0/s1. The van der Waals surface area contributed by atoms with E-state index >= 15 is 0 Å². The number of hydrogen-bond donors (Lipinski definition) is 1. The van der Waals surface area contributed by atoms with Gasteiger partial charge in [0.2, 0.25) is 0 Å². The summed E-state index contributed by atoms with van der Waals surface area (Å²) in [5.74, 6) is 0. The van der Waals surface area contributed by atoms with Crippen molar-refractivity contribution >= 4 is 15.9 Å². The minimum atomic E-state index is 0.345. The second-order valence-electron chi connectivity index (χ2n) is 5.30. The third-order valence-corrected chi connectivity index (χ3v) is 4.44. The molecule has 0 aliphatic heterocycles. The van der Waals surface area contributed by atoms with Crippen LogP contribution >= 0.6 is 15.9 Å². The van der Waals surface area contributed by atoms with Gasteiger partial charge >= 0.3 is 0 Å². The van der Waals surface area contributed by atoms with Gasteiger partial charge in [0.25, 0.3) is 0 Å². The van der Waals surface area contributed by atoms with Crippen LogP contribution in [-0.2, 0) is 13.1 Å². The van der Waals surface area contributed by atoms with E-state index in [0.29, 0.717) is 6.04 Å². The van der Waals surface area contributed by atoms with Crippen LogP contribution in [-0.4, -0.2) is 4.57 Å². The molecule has 108 valence electrons. The normalized spacial score (nSPS) is 12.7. The van der Waals surface area contributed by atoms with E-state index in [4.69, 9.17) is 0 Å². The fourth-order valence-electron chi connectivity index (χ4n) is 2.69. The average Bonchev–Trinajstić information content (AvgIpc) is 2.70. The van der Waals surface area contributed by atoms with Crippen molar-refractivity contribution in [3.05, 3.63) is 57.3 Å². The summed E-state index contributed by atoms with van der Waals surface area (Å²) in [6.07, 6.45) is 0. The molecule has 2 rings (SSSR count). The predicted octanol–water partition coefficient (Wildman–Crippen LogP) is 4.74. The molecule has 2 aromatic rings. The highest BCUT2D eigenvalue weighted by molar-refractivity contribution is 9.10. The van der Waals surface area contributed by atoms with Crippen molar-refractivity contribution in [3.8, 4) is 0 Å². The van der Waals surface area contributed by atoms with Gasteiger partial charge in [-0.3, -0.25) is 0 Å². The lowest BCUT2D eigenvalue weighted by Crippen LogP contribution is -2.18. The zero-order valence-electron chi connectivity index (χ0n) is 12.7. The summed E-state index contributed by atoms with van der Waals surface area (Å²) in [6.45, 7) is 10.7. The van der Waals surface area contributed by atoms with Gasteiger partial charge in [0.15, 0.2) is 0 Å². The van der Waals surface area contributed by atoms with Crippen LogP contribution in [0, 0.1) is 13.8 Å². The number of nitrogens with one attached hydrogen (secondary N) is 1. The molecule has 0 fully saturated rings. The first kappa shape index (κ1) is 15.3. The third kappa shape index (κ3) is 3.33. The summed E-state index contributed by atoms with van der Waals surface area (Å²) < 4.78 is 3.49. The maximum atomic E-state index is 3.61. The molecule has 1 aromatic carbocycles. The second kappa shape index (κ2) is 6.59. The van der Waals surface area contributed by atoms with E-state index in [2.05, 4.69) is 83.8 Å². The Morgan fingerprint density at radius 3 is 2.60 bits per heavy atom. The van der Waals surface area contributed by atoms with Crippen LogP contribution in [0.15, 0.2) is 34.8 Å². The molecule has 3 heteroatoms. The van der Waals surface area contributed by atoms with Gasteiger partial charge in [-0.1, -0.05) is 28.1 Å². The van der Waals surface area contributed by atoms with Crippen LogP contribution in [0.5, 0.6) is 0 Å². The number of aryl methyl sites for hydroxylation is 1. The van der Waals surface area contributed by atoms with Crippen LogP contribution in [0.2, 0.25) is 0 Å². The molecular formula is C17H23BrN2. The Balaban J connectivity index is 2.05. The zero-order chi connectivity index (χ0) is 14.7. The van der Waals surface area contributed by atoms with Crippen molar-refractivity contribution in [1.82, 2.24) is 9.88 Å². The fraction of sp³-hybridized carbons (Fsp3) is 0.412. The largest absolute Gasteiger partial charge is 0.349 e. The van der Waals surface area contributed by atoms with Gasteiger partial charge in [0, 0.05) is 35.0 Å². The fourth-order valence-corrected chi connectivity index (χ4v) is 3.11. The molecule has 0 aliphatic rings. The first-order valence-electron chi connectivity index (χ1n) is 7.17. The van der Waals surface area contributed by atoms with Crippen LogP contribution in [0.1, 0.15) is 42.4 Å². The summed E-state index contributed by atoms with van der Waals surface area (Å²) >= 11 is 3.53. The van der Waals surface area contributed by atoms with E-state index in [9.17, 15) is 0 Å². The molecule has 1 heterocycles. The van der Waals surface area contributed by atoms with E-state index < -0.39 is 0 Å². The molecule has 0 spiro atoms. The summed E-state index contributed by atoms with van der Waals surface area (Å²) in [6, 6.07) is 11.1.